The van der Waals surface area contributed by atoms with Gasteiger partial charge in [0.2, 0.25) is 5.91 Å². The number of fused-ring (bicyclic) bond motifs is 1. The van der Waals surface area contributed by atoms with Crippen LogP contribution in [0, 0.1) is 11.3 Å². The van der Waals surface area contributed by atoms with Crippen LogP contribution in [0.5, 0.6) is 0 Å². The summed E-state index contributed by atoms with van der Waals surface area (Å²) in [6, 6.07) is 17.4. The van der Waals surface area contributed by atoms with Crippen molar-refractivity contribution in [2.24, 2.45) is 10.9 Å². The molecule has 3 aromatic rings. The van der Waals surface area contributed by atoms with Crippen LogP contribution < -0.4 is 5.73 Å². The summed E-state index contributed by atoms with van der Waals surface area (Å²) in [5.74, 6) is -0.173. The third-order valence-corrected chi connectivity index (χ3v) is 6.68. The fourth-order valence-corrected chi connectivity index (χ4v) is 4.55. The van der Waals surface area contributed by atoms with E-state index in [1.54, 1.807) is 0 Å². The number of hydrogen-bond donors (Lipinski definition) is 2. The summed E-state index contributed by atoms with van der Waals surface area (Å²) in [6.07, 6.45) is 21.4. The second kappa shape index (κ2) is 19.2. The van der Waals surface area contributed by atoms with Gasteiger partial charge >= 0.3 is 0 Å². The molecule has 0 saturated carbocycles. The maximum absolute atomic E-state index is 11.0. The molecule has 0 bridgehead atoms. The third kappa shape index (κ3) is 12.2. The first kappa shape index (κ1) is 30.3. The van der Waals surface area contributed by atoms with Gasteiger partial charge in [0, 0.05) is 22.9 Å². The maximum Gasteiger partial charge on any atom is 0.217 e. The topological polar surface area (TPSA) is 88.3 Å². The SMILES string of the molecule is CCCCCCCCCCCCC[CH]CCCC(N)=O.O=Nc1c(-c2ccccc2)[nH]c2ccccc12. The summed E-state index contributed by atoms with van der Waals surface area (Å²) in [6.45, 7) is 2.27. The van der Waals surface area contributed by atoms with Crippen LogP contribution in [0.4, 0.5) is 5.69 Å². The normalized spacial score (nSPS) is 10.7. The smallest absolute Gasteiger partial charge is 0.217 e. The van der Waals surface area contributed by atoms with Gasteiger partial charge in [-0.25, -0.2) is 0 Å². The first-order valence-electron chi connectivity index (χ1n) is 14.3. The highest BCUT2D eigenvalue weighted by Gasteiger charge is 2.12. The molecule has 201 valence electrons. The Labute approximate surface area is 223 Å². The van der Waals surface area contributed by atoms with Gasteiger partial charge in [0.1, 0.15) is 5.69 Å². The second-order valence-electron chi connectivity index (χ2n) is 9.82. The zero-order valence-electron chi connectivity index (χ0n) is 22.7. The third-order valence-electron chi connectivity index (χ3n) is 6.68. The van der Waals surface area contributed by atoms with E-state index in [1.807, 2.05) is 54.6 Å². The number of carbonyl (C=O) groups is 1. The van der Waals surface area contributed by atoms with Gasteiger partial charge in [-0.1, -0.05) is 133 Å². The molecule has 0 aliphatic rings. The lowest BCUT2D eigenvalue weighted by molar-refractivity contribution is -0.118. The second-order valence-corrected chi connectivity index (χ2v) is 9.82. The van der Waals surface area contributed by atoms with E-state index in [-0.39, 0.29) is 5.91 Å². The molecule has 0 saturated heterocycles. The van der Waals surface area contributed by atoms with Crippen molar-refractivity contribution in [3.63, 3.8) is 0 Å². The minimum Gasteiger partial charge on any atom is -0.370 e. The standard InChI is InChI=1S/C18H36NO.C14H10N2O/c1-2-3-4-5-6-7-8-9-10-11-12-13-14-15-16-17-18(19)20;17-16-14-11-8-4-5-9-12(11)15-13(14)10-6-2-1-3-7-10/h14H,2-13,15-17H2,1H3,(H2,19,20);1-9,15H. The minimum absolute atomic E-state index is 0.173. The molecule has 1 aromatic heterocycles. The van der Waals surface area contributed by atoms with E-state index in [4.69, 9.17) is 5.73 Å². The molecule has 0 unspecified atom stereocenters. The number of nitrogens with two attached hydrogens (primary N) is 1. The molecule has 3 N–H and O–H groups in total. The first-order valence-corrected chi connectivity index (χ1v) is 14.3. The molecular weight excluding hydrogens is 458 g/mol. The fraction of sp³-hybridized carbons (Fsp3) is 0.500. The molecule has 1 radical (unpaired) electrons. The molecule has 0 aliphatic heterocycles. The van der Waals surface area contributed by atoms with Crippen LogP contribution in [0.15, 0.2) is 59.8 Å². The first-order chi connectivity index (χ1) is 18.2. The van der Waals surface area contributed by atoms with E-state index in [0.717, 1.165) is 35.0 Å². The van der Waals surface area contributed by atoms with Crippen LogP contribution in [0.25, 0.3) is 22.2 Å². The van der Waals surface area contributed by atoms with E-state index >= 15 is 0 Å². The molecule has 1 heterocycles. The van der Waals surface area contributed by atoms with Crippen molar-refractivity contribution in [3.8, 4) is 11.3 Å². The Balaban J connectivity index is 0.000000262. The number of nitrogens with one attached hydrogen (secondary N) is 1. The zero-order chi connectivity index (χ0) is 26.6. The van der Waals surface area contributed by atoms with Crippen molar-refractivity contribution in [1.29, 1.82) is 0 Å². The van der Waals surface area contributed by atoms with Crippen LogP contribution in [0.1, 0.15) is 103 Å². The molecule has 0 spiro atoms. The average Bonchev–Trinajstić information content (AvgIpc) is 3.30. The molecule has 0 atom stereocenters. The van der Waals surface area contributed by atoms with E-state index in [1.165, 1.54) is 77.0 Å². The quantitative estimate of drug-likeness (QED) is 0.133. The highest BCUT2D eigenvalue weighted by atomic mass is 16.3. The lowest BCUT2D eigenvalue weighted by atomic mass is 10.0. The van der Waals surface area contributed by atoms with E-state index in [0.29, 0.717) is 12.1 Å². The van der Waals surface area contributed by atoms with Crippen LogP contribution in [-0.2, 0) is 4.79 Å². The van der Waals surface area contributed by atoms with E-state index in [9.17, 15) is 9.70 Å². The molecule has 37 heavy (non-hydrogen) atoms. The number of aromatic amines is 1. The summed E-state index contributed by atoms with van der Waals surface area (Å²) in [7, 11) is 0. The molecule has 0 aliphatic carbocycles. The number of aromatic nitrogens is 1. The number of benzene rings is 2. The summed E-state index contributed by atoms with van der Waals surface area (Å²) in [5.41, 5.74) is 8.25. The Hall–Kier alpha value is -2.95. The van der Waals surface area contributed by atoms with E-state index < -0.39 is 0 Å². The summed E-state index contributed by atoms with van der Waals surface area (Å²) in [4.78, 5) is 24.8. The van der Waals surface area contributed by atoms with Crippen LogP contribution >= 0.6 is 0 Å². The van der Waals surface area contributed by atoms with Gasteiger partial charge in [-0.3, -0.25) is 4.79 Å². The van der Waals surface area contributed by atoms with Crippen molar-refractivity contribution in [2.75, 3.05) is 0 Å². The minimum atomic E-state index is -0.173. The average molecular weight is 505 g/mol. The predicted molar refractivity (Wildman–Crippen MR) is 158 cm³/mol. The highest BCUT2D eigenvalue weighted by molar-refractivity contribution is 5.99. The number of primary amides is 1. The van der Waals surface area contributed by atoms with Crippen LogP contribution in [0.2, 0.25) is 0 Å². The van der Waals surface area contributed by atoms with Gasteiger partial charge in [-0.05, 0) is 30.5 Å². The summed E-state index contributed by atoms with van der Waals surface area (Å²) in [5, 5.41) is 4.02. The molecular formula is C32H46N3O2. The van der Waals surface area contributed by atoms with Gasteiger partial charge in [-0.15, -0.1) is 4.91 Å². The lowest BCUT2D eigenvalue weighted by Gasteiger charge is -2.03. The highest BCUT2D eigenvalue weighted by Crippen LogP contribution is 2.36. The Morgan fingerprint density at radius 2 is 1.35 bits per heavy atom. The Kier molecular flexibility index (Phi) is 15.7. The maximum atomic E-state index is 11.0. The van der Waals surface area contributed by atoms with Crippen LogP contribution in [0.3, 0.4) is 0 Å². The number of nitroso groups, excluding NO2 is 1. The van der Waals surface area contributed by atoms with Crippen LogP contribution in [-0.4, -0.2) is 10.9 Å². The number of carbonyl (C=O) groups excluding carboxylic acids is 1. The largest absolute Gasteiger partial charge is 0.370 e. The fourth-order valence-electron chi connectivity index (χ4n) is 4.55. The van der Waals surface area contributed by atoms with Crippen molar-refractivity contribution in [3.05, 3.63) is 65.9 Å². The molecule has 0 fully saturated rings. The van der Waals surface area contributed by atoms with Gasteiger partial charge < -0.3 is 10.7 Å². The Morgan fingerprint density at radius 1 is 0.784 bits per heavy atom. The number of unbranched alkanes of at least 4 members (excludes halogenated alkanes) is 14. The van der Waals surface area contributed by atoms with Gasteiger partial charge in [0.05, 0.1) is 5.69 Å². The number of amides is 1. The van der Waals surface area contributed by atoms with Crippen molar-refractivity contribution >= 4 is 22.5 Å². The molecule has 1 amide bonds. The van der Waals surface area contributed by atoms with Gasteiger partial charge in [-0.2, -0.15) is 0 Å². The number of para-hydroxylation sites is 1. The number of H-pyrrole nitrogens is 1. The molecule has 5 heteroatoms. The Morgan fingerprint density at radius 3 is 1.97 bits per heavy atom. The summed E-state index contributed by atoms with van der Waals surface area (Å²) < 4.78 is 0. The molecule has 2 aromatic carbocycles. The number of hydrogen-bond acceptors (Lipinski definition) is 3. The predicted octanol–water partition coefficient (Wildman–Crippen LogP) is 9.78. The summed E-state index contributed by atoms with van der Waals surface area (Å²) >= 11 is 0. The molecule has 5 nitrogen and oxygen atoms in total. The van der Waals surface area contributed by atoms with Crippen molar-refractivity contribution in [2.45, 2.75) is 103 Å². The van der Waals surface area contributed by atoms with Gasteiger partial charge in [0.25, 0.3) is 0 Å². The lowest BCUT2D eigenvalue weighted by Crippen LogP contribution is -2.09. The van der Waals surface area contributed by atoms with Crippen molar-refractivity contribution in [1.82, 2.24) is 4.98 Å². The number of rotatable bonds is 18. The number of nitrogens with zero attached hydrogens (tertiary/aromatic N) is 1. The zero-order valence-corrected chi connectivity index (χ0v) is 22.7. The van der Waals surface area contributed by atoms with Crippen molar-refractivity contribution < 1.29 is 4.79 Å². The molecule has 3 rings (SSSR count). The Bertz CT molecular complexity index is 1010. The van der Waals surface area contributed by atoms with Gasteiger partial charge in [0.15, 0.2) is 0 Å². The van der Waals surface area contributed by atoms with E-state index in [2.05, 4.69) is 23.5 Å². The monoisotopic (exact) mass is 504 g/mol.